The van der Waals surface area contributed by atoms with Crippen LogP contribution in [0.3, 0.4) is 0 Å². The summed E-state index contributed by atoms with van der Waals surface area (Å²) in [6.45, 7) is 6.49. The predicted molar refractivity (Wildman–Crippen MR) is 116 cm³/mol. The molecule has 0 aliphatic heterocycles. The maximum absolute atomic E-state index is 17.1. The van der Waals surface area contributed by atoms with Crippen molar-refractivity contribution in [1.29, 1.82) is 0 Å². The summed E-state index contributed by atoms with van der Waals surface area (Å²) in [5.74, 6) is -2.28. The number of rotatable bonds is 3. The third-order valence-corrected chi connectivity index (χ3v) is 9.65. The van der Waals surface area contributed by atoms with E-state index in [9.17, 15) is 23.9 Å². The van der Waals surface area contributed by atoms with E-state index in [1.54, 1.807) is 26.8 Å². The molecule has 0 unspecified atom stereocenters. The number of hydrogen-bond donors (Lipinski definition) is 1. The number of halogens is 2. The monoisotopic (exact) mass is 468 g/mol. The van der Waals surface area contributed by atoms with Gasteiger partial charge in [0.2, 0.25) is 5.12 Å². The summed E-state index contributed by atoms with van der Waals surface area (Å²) in [6.07, 6.45) is 4.17. The number of thioether (sulfide) groups is 1. The first kappa shape index (κ1) is 23.6. The van der Waals surface area contributed by atoms with Crippen molar-refractivity contribution in [2.24, 2.45) is 28.6 Å². The summed E-state index contributed by atoms with van der Waals surface area (Å²) in [5.41, 5.74) is -5.20. The SMILES string of the molecule is CC(=O)O[C@]1(C(=O)SCF)[C@@H](C)C[C@H]2[C@@H]3CCC4=CC(=O)C=C[C@]4(C)[C@@]3(F)[C@@H](O)C[C@@]21C. The van der Waals surface area contributed by atoms with Crippen molar-refractivity contribution >= 4 is 28.6 Å². The van der Waals surface area contributed by atoms with Gasteiger partial charge in [-0.2, -0.15) is 0 Å². The first-order chi connectivity index (χ1) is 14.9. The van der Waals surface area contributed by atoms with Crippen LogP contribution >= 0.6 is 11.8 Å². The van der Waals surface area contributed by atoms with Crippen molar-refractivity contribution in [3.8, 4) is 0 Å². The van der Waals surface area contributed by atoms with Crippen molar-refractivity contribution in [2.45, 2.75) is 70.8 Å². The van der Waals surface area contributed by atoms with Gasteiger partial charge in [0.25, 0.3) is 0 Å². The van der Waals surface area contributed by atoms with Gasteiger partial charge in [0.1, 0.15) is 6.01 Å². The van der Waals surface area contributed by atoms with Crippen LogP contribution in [0, 0.1) is 28.6 Å². The molecule has 0 aromatic heterocycles. The van der Waals surface area contributed by atoms with E-state index < -0.39 is 57.1 Å². The van der Waals surface area contributed by atoms with Gasteiger partial charge in [-0.3, -0.25) is 14.4 Å². The van der Waals surface area contributed by atoms with E-state index in [1.165, 1.54) is 19.1 Å². The van der Waals surface area contributed by atoms with Crippen molar-refractivity contribution < 1.29 is 33.0 Å². The molecule has 8 heteroatoms. The molecular weight excluding hydrogens is 438 g/mol. The highest BCUT2D eigenvalue weighted by Crippen LogP contribution is 2.71. The first-order valence-electron chi connectivity index (χ1n) is 11.1. The van der Waals surface area contributed by atoms with Gasteiger partial charge in [0.05, 0.1) is 6.10 Å². The van der Waals surface area contributed by atoms with Gasteiger partial charge in [0.15, 0.2) is 17.1 Å². The lowest BCUT2D eigenvalue weighted by Crippen LogP contribution is -2.69. The molecule has 4 aliphatic carbocycles. The molecule has 0 spiro atoms. The van der Waals surface area contributed by atoms with Gasteiger partial charge in [-0.15, -0.1) is 0 Å². The quantitative estimate of drug-likeness (QED) is 0.629. The normalized spacial score (nSPS) is 47.2. The highest BCUT2D eigenvalue weighted by atomic mass is 32.2. The van der Waals surface area contributed by atoms with E-state index >= 15 is 4.39 Å². The number of aliphatic hydroxyl groups is 1. The molecule has 0 heterocycles. The molecule has 176 valence electrons. The number of allylic oxidation sites excluding steroid dienone is 4. The number of hydrogen-bond acceptors (Lipinski definition) is 6. The maximum Gasteiger partial charge on any atom is 0.303 e. The molecule has 4 rings (SSSR count). The molecule has 32 heavy (non-hydrogen) atoms. The Hall–Kier alpha value is -1.54. The number of carbonyl (C=O) groups is 3. The smallest absolute Gasteiger partial charge is 0.303 e. The average molecular weight is 469 g/mol. The highest BCUT2D eigenvalue weighted by Gasteiger charge is 2.77. The van der Waals surface area contributed by atoms with Gasteiger partial charge in [-0.25, -0.2) is 8.78 Å². The van der Waals surface area contributed by atoms with E-state index in [-0.39, 0.29) is 18.1 Å². The first-order valence-corrected chi connectivity index (χ1v) is 12.1. The molecular formula is C24H30F2O5S. The third kappa shape index (κ3) is 2.74. The molecule has 4 aliphatic rings. The summed E-state index contributed by atoms with van der Waals surface area (Å²) in [5, 5.41) is 10.8. The fraction of sp³-hybridized carbons (Fsp3) is 0.708. The minimum Gasteiger partial charge on any atom is -0.449 e. The van der Waals surface area contributed by atoms with E-state index in [0.717, 1.165) is 0 Å². The van der Waals surface area contributed by atoms with Crippen LogP contribution in [0.1, 0.15) is 53.4 Å². The zero-order chi connectivity index (χ0) is 23.7. The van der Waals surface area contributed by atoms with Crippen LogP contribution in [0.4, 0.5) is 8.78 Å². The minimum atomic E-state index is -2.04. The Labute approximate surface area is 191 Å². The second kappa shape index (κ2) is 7.49. The number of esters is 1. The molecule has 3 saturated carbocycles. The summed E-state index contributed by atoms with van der Waals surface area (Å²) >= 11 is 0.459. The predicted octanol–water partition coefficient (Wildman–Crippen LogP) is 4.09. The highest BCUT2D eigenvalue weighted by molar-refractivity contribution is 8.13. The number of ether oxygens (including phenoxy) is 1. The molecule has 1 N–H and O–H groups in total. The Kier molecular flexibility index (Phi) is 5.52. The number of ketones is 1. The third-order valence-electron chi connectivity index (χ3n) is 8.97. The van der Waals surface area contributed by atoms with Crippen LogP contribution in [0.2, 0.25) is 0 Å². The fourth-order valence-electron chi connectivity index (χ4n) is 7.61. The number of fused-ring (bicyclic) bond motifs is 5. The molecule has 0 saturated heterocycles. The molecule has 8 atom stereocenters. The van der Waals surface area contributed by atoms with Gasteiger partial charge in [-0.05, 0) is 62.4 Å². The maximum atomic E-state index is 17.1. The standard InChI is InChI=1S/C24H30F2O5S/c1-13-9-18-17-6-5-15-10-16(28)7-8-21(15,3)23(17,26)19(29)11-22(18,4)24(13,31-14(2)27)20(30)32-12-25/h7-8,10,13,17-19,29H,5-6,9,11-12H2,1-4H3/t13-,17-,18-,19-,21-,22-,23-,24-/m0/s1. The number of carbonyl (C=O) groups excluding carboxylic acids is 3. The summed E-state index contributed by atoms with van der Waals surface area (Å²) in [4.78, 5) is 37.3. The van der Waals surface area contributed by atoms with Crippen LogP contribution in [0.5, 0.6) is 0 Å². The van der Waals surface area contributed by atoms with Crippen LogP contribution in [0.25, 0.3) is 0 Å². The van der Waals surface area contributed by atoms with Crippen LogP contribution < -0.4 is 0 Å². The second-order valence-electron chi connectivity index (χ2n) is 10.3. The van der Waals surface area contributed by atoms with E-state index in [1.807, 2.05) is 0 Å². The van der Waals surface area contributed by atoms with E-state index in [4.69, 9.17) is 4.74 Å². The van der Waals surface area contributed by atoms with Crippen LogP contribution in [-0.2, 0) is 19.1 Å². The molecule has 5 nitrogen and oxygen atoms in total. The zero-order valence-corrected chi connectivity index (χ0v) is 19.6. The topological polar surface area (TPSA) is 80.7 Å². The largest absolute Gasteiger partial charge is 0.449 e. The Morgan fingerprint density at radius 3 is 2.62 bits per heavy atom. The summed E-state index contributed by atoms with van der Waals surface area (Å²) in [6, 6.07) is -0.959. The number of alkyl halides is 2. The van der Waals surface area contributed by atoms with Crippen molar-refractivity contribution in [3.05, 3.63) is 23.8 Å². The molecule has 3 fully saturated rings. The fourth-order valence-corrected chi connectivity index (χ4v) is 8.40. The van der Waals surface area contributed by atoms with Crippen LogP contribution in [0.15, 0.2) is 23.8 Å². The molecule has 0 aromatic rings. The lowest BCUT2D eigenvalue weighted by molar-refractivity contribution is -0.224. The Bertz CT molecular complexity index is 933. The van der Waals surface area contributed by atoms with Gasteiger partial charge >= 0.3 is 5.97 Å². The lowest BCUT2D eigenvalue weighted by Gasteiger charge is -2.62. The van der Waals surface area contributed by atoms with E-state index in [2.05, 4.69) is 0 Å². The van der Waals surface area contributed by atoms with Crippen molar-refractivity contribution in [1.82, 2.24) is 0 Å². The molecule has 0 amide bonds. The Morgan fingerprint density at radius 1 is 1.31 bits per heavy atom. The zero-order valence-electron chi connectivity index (χ0n) is 18.8. The molecule has 0 radical (unpaired) electrons. The lowest BCUT2D eigenvalue weighted by atomic mass is 9.45. The van der Waals surface area contributed by atoms with Crippen LogP contribution in [-0.4, -0.2) is 45.4 Å². The summed E-state index contributed by atoms with van der Waals surface area (Å²) in [7, 11) is 0. The number of aliphatic hydroxyl groups excluding tert-OH is 1. The van der Waals surface area contributed by atoms with Crippen molar-refractivity contribution in [3.63, 3.8) is 0 Å². The molecule has 0 bridgehead atoms. The second-order valence-corrected chi connectivity index (χ2v) is 11.1. The van der Waals surface area contributed by atoms with Crippen molar-refractivity contribution in [2.75, 3.05) is 6.01 Å². The molecule has 0 aromatic carbocycles. The minimum absolute atomic E-state index is 0.106. The Balaban J connectivity index is 1.85. The van der Waals surface area contributed by atoms with Gasteiger partial charge < -0.3 is 9.84 Å². The van der Waals surface area contributed by atoms with Gasteiger partial charge in [-0.1, -0.05) is 25.5 Å². The summed E-state index contributed by atoms with van der Waals surface area (Å²) < 4.78 is 36.1. The van der Waals surface area contributed by atoms with E-state index in [0.29, 0.717) is 36.6 Å². The van der Waals surface area contributed by atoms with Gasteiger partial charge in [0, 0.05) is 29.6 Å². The Morgan fingerprint density at radius 2 is 2.00 bits per heavy atom. The average Bonchev–Trinajstić information content (AvgIpc) is 2.91.